The highest BCUT2D eigenvalue weighted by Crippen LogP contribution is 2.25. The molecular formula is C15H19ClO4. The largest absolute Gasteiger partial charge is 0.495 e. The second-order valence-corrected chi connectivity index (χ2v) is 5.18. The van der Waals surface area contributed by atoms with Crippen molar-refractivity contribution >= 4 is 17.4 Å². The fraction of sp³-hybridized carbons (Fsp3) is 0.533. The molecule has 2 rings (SSSR count). The third-order valence-corrected chi connectivity index (χ3v) is 3.58. The molecule has 0 aliphatic carbocycles. The highest BCUT2D eigenvalue weighted by Gasteiger charge is 2.15. The fourth-order valence-corrected chi connectivity index (χ4v) is 2.40. The average molecular weight is 299 g/mol. The number of hydrogen-bond acceptors (Lipinski definition) is 4. The van der Waals surface area contributed by atoms with Crippen molar-refractivity contribution in [2.45, 2.75) is 25.4 Å². The lowest BCUT2D eigenvalue weighted by molar-refractivity contribution is -0.0370. The lowest BCUT2D eigenvalue weighted by Gasteiger charge is -2.22. The number of Topliss-reactive ketones (excluding diaryl/α,β-unsaturated/α-hetero) is 1. The van der Waals surface area contributed by atoms with Crippen LogP contribution >= 0.6 is 11.6 Å². The number of ketones is 1. The molecule has 0 saturated carbocycles. The minimum Gasteiger partial charge on any atom is -0.495 e. The third-order valence-electron chi connectivity index (χ3n) is 3.28. The SMILES string of the molecule is COc1ccc(C(=O)COCC2CCCCO2)cc1Cl. The van der Waals surface area contributed by atoms with Gasteiger partial charge in [-0.1, -0.05) is 11.6 Å². The summed E-state index contributed by atoms with van der Waals surface area (Å²) >= 11 is 5.99. The van der Waals surface area contributed by atoms with Crippen LogP contribution in [0.25, 0.3) is 0 Å². The van der Waals surface area contributed by atoms with Gasteiger partial charge in [-0.3, -0.25) is 4.79 Å². The van der Waals surface area contributed by atoms with Gasteiger partial charge in [0.2, 0.25) is 0 Å². The van der Waals surface area contributed by atoms with Crippen molar-refractivity contribution in [3.05, 3.63) is 28.8 Å². The van der Waals surface area contributed by atoms with Crippen molar-refractivity contribution in [2.24, 2.45) is 0 Å². The fourth-order valence-electron chi connectivity index (χ4n) is 2.15. The van der Waals surface area contributed by atoms with Gasteiger partial charge in [-0.25, -0.2) is 0 Å². The first kappa shape index (κ1) is 15.3. The van der Waals surface area contributed by atoms with Crippen molar-refractivity contribution < 1.29 is 19.0 Å². The zero-order valence-corrected chi connectivity index (χ0v) is 12.3. The smallest absolute Gasteiger partial charge is 0.188 e. The van der Waals surface area contributed by atoms with Crippen LogP contribution in [0.5, 0.6) is 5.75 Å². The van der Waals surface area contributed by atoms with E-state index in [9.17, 15) is 4.79 Å². The number of ether oxygens (including phenoxy) is 3. The molecule has 0 spiro atoms. The number of benzene rings is 1. The molecule has 1 unspecified atom stereocenters. The van der Waals surface area contributed by atoms with E-state index >= 15 is 0 Å². The van der Waals surface area contributed by atoms with Crippen LogP contribution in [0.15, 0.2) is 18.2 Å². The van der Waals surface area contributed by atoms with E-state index in [0.717, 1.165) is 25.9 Å². The van der Waals surface area contributed by atoms with Crippen molar-refractivity contribution in [3.63, 3.8) is 0 Å². The first-order chi connectivity index (χ1) is 9.70. The maximum Gasteiger partial charge on any atom is 0.188 e. The summed E-state index contributed by atoms with van der Waals surface area (Å²) < 4.78 is 16.0. The standard InChI is InChI=1S/C15H19ClO4/c1-18-15-6-5-11(8-13(15)16)14(17)10-19-9-12-4-2-3-7-20-12/h5-6,8,12H,2-4,7,9-10H2,1H3. The van der Waals surface area contributed by atoms with E-state index < -0.39 is 0 Å². The highest BCUT2D eigenvalue weighted by molar-refractivity contribution is 6.32. The summed E-state index contributed by atoms with van der Waals surface area (Å²) in [6.45, 7) is 1.30. The van der Waals surface area contributed by atoms with E-state index in [-0.39, 0.29) is 18.5 Å². The van der Waals surface area contributed by atoms with Gasteiger partial charge < -0.3 is 14.2 Å². The van der Waals surface area contributed by atoms with Gasteiger partial charge in [0.25, 0.3) is 0 Å². The molecule has 0 bridgehead atoms. The van der Waals surface area contributed by atoms with Gasteiger partial charge in [0.05, 0.1) is 24.8 Å². The van der Waals surface area contributed by atoms with Gasteiger partial charge in [-0.05, 0) is 37.5 Å². The Morgan fingerprint density at radius 1 is 1.45 bits per heavy atom. The molecular weight excluding hydrogens is 280 g/mol. The Morgan fingerprint density at radius 3 is 2.95 bits per heavy atom. The van der Waals surface area contributed by atoms with Crippen LogP contribution in [0.3, 0.4) is 0 Å². The second-order valence-electron chi connectivity index (χ2n) is 4.78. The molecule has 1 aromatic carbocycles. The van der Waals surface area contributed by atoms with Crippen LogP contribution in [0.1, 0.15) is 29.6 Å². The molecule has 5 heteroatoms. The third kappa shape index (κ3) is 4.20. The van der Waals surface area contributed by atoms with Crippen LogP contribution in [0.2, 0.25) is 5.02 Å². The van der Waals surface area contributed by atoms with E-state index in [1.165, 1.54) is 7.11 Å². The number of carbonyl (C=O) groups excluding carboxylic acids is 1. The average Bonchev–Trinajstić information content (AvgIpc) is 2.48. The maximum atomic E-state index is 12.0. The van der Waals surface area contributed by atoms with Crippen LogP contribution in [0.4, 0.5) is 0 Å². The van der Waals surface area contributed by atoms with Crippen molar-refractivity contribution in [2.75, 3.05) is 26.9 Å². The first-order valence-electron chi connectivity index (χ1n) is 6.77. The maximum absolute atomic E-state index is 12.0. The molecule has 4 nitrogen and oxygen atoms in total. The van der Waals surface area contributed by atoms with E-state index in [1.54, 1.807) is 18.2 Å². The molecule has 0 aromatic heterocycles. The van der Waals surface area contributed by atoms with E-state index in [2.05, 4.69) is 0 Å². The molecule has 1 heterocycles. The quantitative estimate of drug-likeness (QED) is 0.757. The van der Waals surface area contributed by atoms with E-state index in [4.69, 9.17) is 25.8 Å². The number of halogens is 1. The zero-order valence-electron chi connectivity index (χ0n) is 11.6. The summed E-state index contributed by atoms with van der Waals surface area (Å²) in [5, 5.41) is 0.425. The van der Waals surface area contributed by atoms with Crippen molar-refractivity contribution in [1.82, 2.24) is 0 Å². The summed E-state index contributed by atoms with van der Waals surface area (Å²) in [4.78, 5) is 12.0. The molecule has 110 valence electrons. The Labute approximate surface area is 124 Å². The zero-order chi connectivity index (χ0) is 14.4. The van der Waals surface area contributed by atoms with Gasteiger partial charge in [-0.2, -0.15) is 0 Å². The summed E-state index contributed by atoms with van der Waals surface area (Å²) in [5.41, 5.74) is 0.528. The number of carbonyl (C=O) groups is 1. The van der Waals surface area contributed by atoms with Crippen LogP contribution in [0, 0.1) is 0 Å². The van der Waals surface area contributed by atoms with Gasteiger partial charge >= 0.3 is 0 Å². The van der Waals surface area contributed by atoms with Gasteiger partial charge in [0.1, 0.15) is 12.4 Å². The Hall–Kier alpha value is -1.10. The molecule has 1 aliphatic heterocycles. The Kier molecular flexibility index (Phi) is 5.83. The Balaban J connectivity index is 1.80. The molecule has 0 amide bonds. The highest BCUT2D eigenvalue weighted by atomic mass is 35.5. The van der Waals surface area contributed by atoms with E-state index in [0.29, 0.717) is 22.9 Å². The number of methoxy groups -OCH3 is 1. The van der Waals surface area contributed by atoms with Crippen molar-refractivity contribution in [1.29, 1.82) is 0 Å². The lowest BCUT2D eigenvalue weighted by atomic mass is 10.1. The van der Waals surface area contributed by atoms with Gasteiger partial charge in [-0.15, -0.1) is 0 Å². The predicted octanol–water partition coefficient (Wildman–Crippen LogP) is 3.12. The molecule has 0 N–H and O–H groups in total. The molecule has 20 heavy (non-hydrogen) atoms. The number of hydrogen-bond donors (Lipinski definition) is 0. The van der Waals surface area contributed by atoms with E-state index in [1.807, 2.05) is 0 Å². The summed E-state index contributed by atoms with van der Waals surface area (Å²) in [6.07, 6.45) is 3.40. The molecule has 1 saturated heterocycles. The summed E-state index contributed by atoms with van der Waals surface area (Å²) in [6, 6.07) is 4.97. The predicted molar refractivity (Wildman–Crippen MR) is 76.7 cm³/mol. The molecule has 1 atom stereocenters. The Bertz CT molecular complexity index is 455. The number of rotatable bonds is 6. The summed E-state index contributed by atoms with van der Waals surface area (Å²) in [5.74, 6) is 0.463. The van der Waals surface area contributed by atoms with Crippen LogP contribution in [-0.2, 0) is 9.47 Å². The van der Waals surface area contributed by atoms with Crippen LogP contribution in [-0.4, -0.2) is 38.8 Å². The lowest BCUT2D eigenvalue weighted by Crippen LogP contribution is -2.25. The minimum absolute atomic E-state index is 0.0442. The normalized spacial score (nSPS) is 18.8. The topological polar surface area (TPSA) is 44.8 Å². The monoisotopic (exact) mass is 298 g/mol. The second kappa shape index (κ2) is 7.62. The molecule has 1 aromatic rings. The minimum atomic E-state index is -0.0923. The molecule has 0 radical (unpaired) electrons. The molecule has 1 fully saturated rings. The van der Waals surface area contributed by atoms with Gasteiger partial charge in [0, 0.05) is 12.2 Å². The van der Waals surface area contributed by atoms with Crippen molar-refractivity contribution in [3.8, 4) is 5.75 Å². The molecule has 1 aliphatic rings. The Morgan fingerprint density at radius 2 is 2.30 bits per heavy atom. The summed E-state index contributed by atoms with van der Waals surface area (Å²) in [7, 11) is 1.54. The van der Waals surface area contributed by atoms with Crippen LogP contribution < -0.4 is 4.74 Å². The first-order valence-corrected chi connectivity index (χ1v) is 7.14. The van der Waals surface area contributed by atoms with Gasteiger partial charge in [0.15, 0.2) is 5.78 Å².